The van der Waals surface area contributed by atoms with Crippen molar-refractivity contribution in [3.63, 3.8) is 0 Å². The lowest BCUT2D eigenvalue weighted by molar-refractivity contribution is -0.127. The Labute approximate surface area is 152 Å². The zero-order valence-corrected chi connectivity index (χ0v) is 16.2. The normalized spacial score (nSPS) is 22.6. The van der Waals surface area contributed by atoms with Crippen LogP contribution in [0.5, 0.6) is 0 Å². The molecule has 1 amide bonds. The molecule has 1 aliphatic heterocycles. The summed E-state index contributed by atoms with van der Waals surface area (Å²) in [7, 11) is -3.13. The molecule has 142 valence electrons. The quantitative estimate of drug-likeness (QED) is 0.729. The van der Waals surface area contributed by atoms with Crippen molar-refractivity contribution in [3.05, 3.63) is 0 Å². The Morgan fingerprint density at radius 3 is 2.25 bits per heavy atom. The van der Waals surface area contributed by atoms with Gasteiger partial charge in [-0.25, -0.2) is 12.7 Å². The molecular formula is C16H32ClN3O3S. The van der Waals surface area contributed by atoms with E-state index in [1.165, 1.54) is 23.6 Å². The second kappa shape index (κ2) is 9.94. The third-order valence-electron chi connectivity index (χ3n) is 5.38. The summed E-state index contributed by atoms with van der Waals surface area (Å²) in [6.45, 7) is 3.04. The van der Waals surface area contributed by atoms with E-state index >= 15 is 0 Å². The molecule has 1 saturated carbocycles. The van der Waals surface area contributed by atoms with Gasteiger partial charge in [-0.1, -0.05) is 19.3 Å². The minimum Gasteiger partial charge on any atom is -0.352 e. The molecule has 2 rings (SSSR count). The molecule has 0 aromatic heterocycles. The number of nitrogens with two attached hydrogens (primary N) is 1. The highest BCUT2D eigenvalue weighted by atomic mass is 35.5. The van der Waals surface area contributed by atoms with Gasteiger partial charge >= 0.3 is 0 Å². The predicted molar refractivity (Wildman–Crippen MR) is 98.6 cm³/mol. The third-order valence-corrected chi connectivity index (χ3v) is 7.26. The number of carbonyl (C=O) groups excluding carboxylic acids is 1. The number of sulfonamides is 1. The summed E-state index contributed by atoms with van der Waals surface area (Å²) in [6.07, 6.45) is 7.24. The molecule has 1 saturated heterocycles. The summed E-state index contributed by atoms with van der Waals surface area (Å²) in [6, 6.07) is 0.0696. The molecule has 1 aliphatic carbocycles. The standard InChI is InChI=1S/C16H31N3O3S.ClH/c1-2-23(21,22)19-10-8-14(9-11-19)16(20)18-15(12-17)13-6-4-3-5-7-13;/h13-15H,2-12,17H2,1H3,(H,18,20);1H. The van der Waals surface area contributed by atoms with Crippen LogP contribution in [0, 0.1) is 11.8 Å². The van der Waals surface area contributed by atoms with Gasteiger partial charge < -0.3 is 11.1 Å². The summed E-state index contributed by atoms with van der Waals surface area (Å²) >= 11 is 0. The van der Waals surface area contributed by atoms with Gasteiger partial charge in [0.05, 0.1) is 5.75 Å². The first-order valence-electron chi connectivity index (χ1n) is 8.96. The number of amides is 1. The van der Waals surface area contributed by atoms with E-state index in [4.69, 9.17) is 5.73 Å². The van der Waals surface area contributed by atoms with Crippen LogP contribution >= 0.6 is 12.4 Å². The van der Waals surface area contributed by atoms with Crippen molar-refractivity contribution in [3.8, 4) is 0 Å². The van der Waals surface area contributed by atoms with Crippen molar-refractivity contribution in [1.82, 2.24) is 9.62 Å². The summed E-state index contributed by atoms with van der Waals surface area (Å²) in [4.78, 5) is 12.5. The Morgan fingerprint density at radius 1 is 1.17 bits per heavy atom. The van der Waals surface area contributed by atoms with E-state index in [1.807, 2.05) is 0 Å². The van der Waals surface area contributed by atoms with Crippen LogP contribution in [-0.4, -0.2) is 50.1 Å². The number of hydrogen-bond acceptors (Lipinski definition) is 4. The number of nitrogens with zero attached hydrogens (tertiary/aromatic N) is 1. The molecular weight excluding hydrogens is 350 g/mol. The topological polar surface area (TPSA) is 92.5 Å². The lowest BCUT2D eigenvalue weighted by atomic mass is 9.83. The highest BCUT2D eigenvalue weighted by molar-refractivity contribution is 7.89. The third kappa shape index (κ3) is 5.58. The summed E-state index contributed by atoms with van der Waals surface area (Å²) in [5, 5.41) is 3.14. The van der Waals surface area contributed by atoms with Crippen LogP contribution in [-0.2, 0) is 14.8 Å². The van der Waals surface area contributed by atoms with Gasteiger partial charge in [0.1, 0.15) is 0 Å². The molecule has 6 nitrogen and oxygen atoms in total. The summed E-state index contributed by atoms with van der Waals surface area (Å²) < 4.78 is 25.3. The molecule has 0 aromatic rings. The molecule has 1 unspecified atom stereocenters. The Bertz CT molecular complexity index is 487. The maximum atomic E-state index is 12.5. The average molecular weight is 382 g/mol. The van der Waals surface area contributed by atoms with E-state index < -0.39 is 10.0 Å². The van der Waals surface area contributed by atoms with Gasteiger partial charge in [0.15, 0.2) is 0 Å². The van der Waals surface area contributed by atoms with Crippen LogP contribution in [0.25, 0.3) is 0 Å². The van der Waals surface area contributed by atoms with Crippen molar-refractivity contribution < 1.29 is 13.2 Å². The van der Waals surface area contributed by atoms with Crippen LogP contribution in [0.2, 0.25) is 0 Å². The maximum absolute atomic E-state index is 12.5. The zero-order valence-electron chi connectivity index (χ0n) is 14.6. The highest BCUT2D eigenvalue weighted by Gasteiger charge is 2.32. The molecule has 0 radical (unpaired) electrons. The average Bonchev–Trinajstić information content (AvgIpc) is 2.60. The van der Waals surface area contributed by atoms with Crippen molar-refractivity contribution in [2.75, 3.05) is 25.4 Å². The van der Waals surface area contributed by atoms with Crippen molar-refractivity contribution >= 4 is 28.3 Å². The van der Waals surface area contributed by atoms with Crippen LogP contribution in [0.15, 0.2) is 0 Å². The first-order valence-corrected chi connectivity index (χ1v) is 10.6. The predicted octanol–water partition coefficient (Wildman–Crippen LogP) is 1.49. The van der Waals surface area contributed by atoms with Crippen molar-refractivity contribution in [2.24, 2.45) is 17.6 Å². The van der Waals surface area contributed by atoms with Crippen LogP contribution in [0.4, 0.5) is 0 Å². The first kappa shape index (κ1) is 21.7. The molecule has 0 aromatic carbocycles. The summed E-state index contributed by atoms with van der Waals surface area (Å²) in [5.41, 5.74) is 5.88. The molecule has 2 fully saturated rings. The molecule has 0 bridgehead atoms. The largest absolute Gasteiger partial charge is 0.352 e. The Hall–Kier alpha value is -0.370. The molecule has 3 N–H and O–H groups in total. The summed E-state index contributed by atoms with van der Waals surface area (Å²) in [5.74, 6) is 0.592. The minimum atomic E-state index is -3.13. The molecule has 24 heavy (non-hydrogen) atoms. The fraction of sp³-hybridized carbons (Fsp3) is 0.938. The monoisotopic (exact) mass is 381 g/mol. The molecule has 1 heterocycles. The van der Waals surface area contributed by atoms with E-state index in [2.05, 4.69) is 5.32 Å². The number of hydrogen-bond donors (Lipinski definition) is 2. The van der Waals surface area contributed by atoms with Gasteiger partial charge in [-0.05, 0) is 38.5 Å². The second-order valence-electron chi connectivity index (χ2n) is 6.82. The van der Waals surface area contributed by atoms with E-state index in [9.17, 15) is 13.2 Å². The zero-order chi connectivity index (χ0) is 16.9. The molecule has 8 heteroatoms. The van der Waals surface area contributed by atoms with Gasteiger partial charge in [-0.3, -0.25) is 4.79 Å². The minimum absolute atomic E-state index is 0. The Balaban J connectivity index is 0.00000288. The lowest BCUT2D eigenvalue weighted by Crippen LogP contribution is -2.50. The van der Waals surface area contributed by atoms with Gasteiger partial charge in [0, 0.05) is 31.6 Å². The SMILES string of the molecule is CCS(=O)(=O)N1CCC(C(=O)NC(CN)C2CCCCC2)CC1.Cl. The van der Waals surface area contributed by atoms with E-state index in [1.54, 1.807) is 6.92 Å². The molecule has 1 atom stereocenters. The fourth-order valence-electron chi connectivity index (χ4n) is 3.79. The number of piperidine rings is 1. The van der Waals surface area contributed by atoms with E-state index in [0.29, 0.717) is 38.4 Å². The van der Waals surface area contributed by atoms with Gasteiger partial charge in [0.25, 0.3) is 0 Å². The fourth-order valence-corrected chi connectivity index (χ4v) is 4.92. The smallest absolute Gasteiger partial charge is 0.223 e. The number of nitrogens with one attached hydrogen (secondary N) is 1. The lowest BCUT2D eigenvalue weighted by Gasteiger charge is -2.34. The Kier molecular flexibility index (Phi) is 8.98. The van der Waals surface area contributed by atoms with Crippen LogP contribution in [0.1, 0.15) is 51.9 Å². The Morgan fingerprint density at radius 2 is 1.75 bits per heavy atom. The van der Waals surface area contributed by atoms with Crippen molar-refractivity contribution in [2.45, 2.75) is 57.9 Å². The molecule has 2 aliphatic rings. The first-order chi connectivity index (χ1) is 11.0. The van der Waals surface area contributed by atoms with Gasteiger partial charge in [-0.2, -0.15) is 0 Å². The molecule has 0 spiro atoms. The number of halogens is 1. The van der Waals surface area contributed by atoms with E-state index in [-0.39, 0.29) is 36.0 Å². The second-order valence-corrected chi connectivity index (χ2v) is 9.08. The van der Waals surface area contributed by atoms with Gasteiger partial charge in [-0.15, -0.1) is 12.4 Å². The maximum Gasteiger partial charge on any atom is 0.223 e. The van der Waals surface area contributed by atoms with Crippen LogP contribution in [0.3, 0.4) is 0 Å². The van der Waals surface area contributed by atoms with Gasteiger partial charge in [0.2, 0.25) is 15.9 Å². The van der Waals surface area contributed by atoms with E-state index in [0.717, 1.165) is 12.8 Å². The van der Waals surface area contributed by atoms with Crippen LogP contribution < -0.4 is 11.1 Å². The number of rotatable bonds is 6. The number of carbonyl (C=O) groups is 1. The van der Waals surface area contributed by atoms with Crippen molar-refractivity contribution in [1.29, 1.82) is 0 Å². The highest BCUT2D eigenvalue weighted by Crippen LogP contribution is 2.27.